The molecule has 0 aliphatic carbocycles. The Bertz CT molecular complexity index is 599. The minimum Gasteiger partial charge on any atom is -0.406 e. The van der Waals surface area contributed by atoms with Crippen LogP contribution in [-0.4, -0.2) is 11.3 Å². The third-order valence-electron chi connectivity index (χ3n) is 3.00. The van der Waals surface area contributed by atoms with Crippen molar-refractivity contribution >= 4 is 0 Å². The number of hydrazine groups is 1. The molecule has 1 aromatic carbocycles. The number of halogens is 3. The molecule has 1 atom stereocenters. The quantitative estimate of drug-likeness (QED) is 0.673. The maximum atomic E-state index is 12.1. The van der Waals surface area contributed by atoms with E-state index in [4.69, 9.17) is 5.84 Å². The second-order valence-corrected chi connectivity index (χ2v) is 4.45. The van der Waals surface area contributed by atoms with E-state index in [-0.39, 0.29) is 11.8 Å². The predicted molar refractivity (Wildman–Crippen MR) is 71.3 cm³/mol. The van der Waals surface area contributed by atoms with Crippen molar-refractivity contribution in [2.24, 2.45) is 5.84 Å². The minimum absolute atomic E-state index is 0.273. The lowest BCUT2D eigenvalue weighted by atomic mass is 9.97. The number of hydrogen-bond donors (Lipinski definition) is 2. The molecule has 1 aromatic heterocycles. The zero-order chi connectivity index (χ0) is 15.5. The van der Waals surface area contributed by atoms with Crippen molar-refractivity contribution < 1.29 is 17.9 Å². The fourth-order valence-corrected chi connectivity index (χ4v) is 2.01. The number of aryl methyl sites for hydroxylation is 1. The molecule has 0 radical (unpaired) electrons. The van der Waals surface area contributed by atoms with Crippen LogP contribution in [0.3, 0.4) is 0 Å². The molecule has 2 rings (SSSR count). The second-order valence-electron chi connectivity index (χ2n) is 4.45. The van der Waals surface area contributed by atoms with Crippen molar-refractivity contribution in [1.82, 2.24) is 10.4 Å². The van der Waals surface area contributed by atoms with Crippen molar-refractivity contribution in [2.75, 3.05) is 0 Å². The Balaban J connectivity index is 2.26. The van der Waals surface area contributed by atoms with Crippen LogP contribution in [0.5, 0.6) is 5.75 Å². The van der Waals surface area contributed by atoms with Gasteiger partial charge >= 0.3 is 6.36 Å². The summed E-state index contributed by atoms with van der Waals surface area (Å²) in [5.41, 5.74) is 5.18. The number of alkyl halides is 3. The normalized spacial score (nSPS) is 13.0. The number of rotatable bonds is 4. The Kier molecular flexibility index (Phi) is 4.44. The van der Waals surface area contributed by atoms with Gasteiger partial charge in [0.25, 0.3) is 0 Å². The Labute approximate surface area is 119 Å². The Morgan fingerprint density at radius 3 is 2.38 bits per heavy atom. The molecule has 7 heteroatoms. The van der Waals surface area contributed by atoms with Crippen LogP contribution >= 0.6 is 0 Å². The number of nitrogens with two attached hydrogens (primary N) is 1. The molecule has 0 spiro atoms. The molecule has 0 saturated carbocycles. The highest BCUT2D eigenvalue weighted by Gasteiger charge is 2.31. The Morgan fingerprint density at radius 1 is 1.19 bits per heavy atom. The molecule has 3 N–H and O–H groups in total. The van der Waals surface area contributed by atoms with E-state index in [0.29, 0.717) is 5.56 Å². The van der Waals surface area contributed by atoms with Crippen LogP contribution in [-0.2, 0) is 0 Å². The van der Waals surface area contributed by atoms with Crippen molar-refractivity contribution in [3.63, 3.8) is 0 Å². The summed E-state index contributed by atoms with van der Waals surface area (Å²) in [6.07, 6.45) is -1.38. The van der Waals surface area contributed by atoms with Gasteiger partial charge in [0.05, 0.1) is 6.04 Å². The summed E-state index contributed by atoms with van der Waals surface area (Å²) in [4.78, 5) is 4.04. The van der Waals surface area contributed by atoms with E-state index in [1.807, 2.05) is 13.0 Å². The third-order valence-corrected chi connectivity index (χ3v) is 3.00. The molecule has 2 aromatic rings. The number of aromatic nitrogens is 1. The molecule has 0 bridgehead atoms. The molecular weight excluding hydrogens is 283 g/mol. The van der Waals surface area contributed by atoms with Crippen LogP contribution in [0.2, 0.25) is 0 Å². The summed E-state index contributed by atoms with van der Waals surface area (Å²) >= 11 is 0. The van der Waals surface area contributed by atoms with Crippen LogP contribution in [0.15, 0.2) is 42.7 Å². The highest BCUT2D eigenvalue weighted by Crippen LogP contribution is 2.27. The topological polar surface area (TPSA) is 60.2 Å². The summed E-state index contributed by atoms with van der Waals surface area (Å²) < 4.78 is 40.2. The smallest absolute Gasteiger partial charge is 0.406 e. The van der Waals surface area contributed by atoms with Gasteiger partial charge in [0.2, 0.25) is 0 Å². The van der Waals surface area contributed by atoms with Crippen LogP contribution in [0.1, 0.15) is 22.7 Å². The standard InChI is InChI=1S/C14H14F3N3O/c1-9-6-7-19-8-12(9)13(20-18)10-2-4-11(5-3-10)21-14(15,16)17/h2-8,13,20H,18H2,1H3. The van der Waals surface area contributed by atoms with Gasteiger partial charge in [-0.05, 0) is 41.8 Å². The van der Waals surface area contributed by atoms with Gasteiger partial charge in [-0.25, -0.2) is 5.43 Å². The van der Waals surface area contributed by atoms with Gasteiger partial charge in [0.15, 0.2) is 0 Å². The SMILES string of the molecule is Cc1ccncc1C(NN)c1ccc(OC(F)(F)F)cc1. The summed E-state index contributed by atoms with van der Waals surface area (Å²) in [5.74, 6) is 5.28. The number of hydrogen-bond acceptors (Lipinski definition) is 4. The summed E-state index contributed by atoms with van der Waals surface area (Å²) in [5, 5.41) is 0. The van der Waals surface area contributed by atoms with Crippen LogP contribution in [0, 0.1) is 6.92 Å². The van der Waals surface area contributed by atoms with E-state index in [9.17, 15) is 13.2 Å². The van der Waals surface area contributed by atoms with Crippen LogP contribution in [0.25, 0.3) is 0 Å². The molecule has 0 fully saturated rings. The lowest BCUT2D eigenvalue weighted by molar-refractivity contribution is -0.274. The maximum Gasteiger partial charge on any atom is 0.573 e. The lowest BCUT2D eigenvalue weighted by Gasteiger charge is -2.19. The predicted octanol–water partition coefficient (Wildman–Crippen LogP) is 2.84. The molecule has 21 heavy (non-hydrogen) atoms. The first-order valence-corrected chi connectivity index (χ1v) is 6.13. The van der Waals surface area contributed by atoms with Gasteiger partial charge in [-0.3, -0.25) is 10.8 Å². The first-order valence-electron chi connectivity index (χ1n) is 6.13. The molecule has 0 saturated heterocycles. The van der Waals surface area contributed by atoms with E-state index < -0.39 is 6.36 Å². The number of pyridine rings is 1. The first kappa shape index (κ1) is 15.3. The number of ether oxygens (including phenoxy) is 1. The van der Waals surface area contributed by atoms with Gasteiger partial charge in [0.1, 0.15) is 5.75 Å². The van der Waals surface area contributed by atoms with Gasteiger partial charge in [-0.1, -0.05) is 12.1 Å². The van der Waals surface area contributed by atoms with Gasteiger partial charge < -0.3 is 4.74 Å². The van der Waals surface area contributed by atoms with E-state index in [0.717, 1.165) is 11.1 Å². The number of nitrogens with zero attached hydrogens (tertiary/aromatic N) is 1. The number of benzene rings is 1. The summed E-state index contributed by atoms with van der Waals surface area (Å²) in [7, 11) is 0. The van der Waals surface area contributed by atoms with Crippen molar-refractivity contribution in [1.29, 1.82) is 0 Å². The fraction of sp³-hybridized carbons (Fsp3) is 0.214. The summed E-state index contributed by atoms with van der Waals surface area (Å²) in [6, 6.07) is 7.02. The maximum absolute atomic E-state index is 12.1. The second kappa shape index (κ2) is 6.11. The third kappa shape index (κ3) is 3.93. The van der Waals surface area contributed by atoms with Gasteiger partial charge in [0, 0.05) is 12.4 Å². The molecule has 0 aliphatic rings. The van der Waals surface area contributed by atoms with Crippen LogP contribution in [0.4, 0.5) is 13.2 Å². The highest BCUT2D eigenvalue weighted by atomic mass is 19.4. The average Bonchev–Trinajstić information content (AvgIpc) is 2.42. The van der Waals surface area contributed by atoms with Crippen molar-refractivity contribution in [2.45, 2.75) is 19.3 Å². The van der Waals surface area contributed by atoms with Crippen LogP contribution < -0.4 is 16.0 Å². The van der Waals surface area contributed by atoms with Gasteiger partial charge in [-0.2, -0.15) is 0 Å². The average molecular weight is 297 g/mol. The summed E-state index contributed by atoms with van der Waals surface area (Å²) in [6.45, 7) is 1.91. The van der Waals surface area contributed by atoms with Gasteiger partial charge in [-0.15, -0.1) is 13.2 Å². The lowest BCUT2D eigenvalue weighted by Crippen LogP contribution is -2.29. The molecule has 1 heterocycles. The molecular formula is C14H14F3N3O. The molecule has 112 valence electrons. The van der Waals surface area contributed by atoms with Crippen molar-refractivity contribution in [3.8, 4) is 5.75 Å². The van der Waals surface area contributed by atoms with E-state index in [1.54, 1.807) is 12.4 Å². The molecule has 1 unspecified atom stereocenters. The molecule has 4 nitrogen and oxygen atoms in total. The monoisotopic (exact) mass is 297 g/mol. The number of nitrogens with one attached hydrogen (secondary N) is 1. The zero-order valence-corrected chi connectivity index (χ0v) is 11.2. The Hall–Kier alpha value is -2.12. The fourth-order valence-electron chi connectivity index (χ4n) is 2.01. The Morgan fingerprint density at radius 2 is 1.86 bits per heavy atom. The largest absolute Gasteiger partial charge is 0.573 e. The molecule has 0 aliphatic heterocycles. The van der Waals surface area contributed by atoms with Crippen molar-refractivity contribution in [3.05, 3.63) is 59.4 Å². The van der Waals surface area contributed by atoms with E-state index in [1.165, 1.54) is 24.3 Å². The first-order chi connectivity index (χ1) is 9.90. The molecule has 0 amide bonds. The van der Waals surface area contributed by atoms with E-state index in [2.05, 4.69) is 15.1 Å². The minimum atomic E-state index is -4.70. The highest BCUT2D eigenvalue weighted by molar-refractivity contribution is 5.37. The zero-order valence-electron chi connectivity index (χ0n) is 11.2. The van der Waals surface area contributed by atoms with E-state index >= 15 is 0 Å².